The van der Waals surface area contributed by atoms with E-state index in [0.29, 0.717) is 0 Å². The van der Waals surface area contributed by atoms with Gasteiger partial charge in [0.2, 0.25) is 0 Å². The monoisotopic (exact) mass is 867 g/mol. The smallest absolute Gasteiger partial charge is 0.344 e. The zero-order chi connectivity index (χ0) is 39.8. The van der Waals surface area contributed by atoms with Crippen LogP contribution >= 0.6 is 0 Å². The molecule has 3 fully saturated rings. The molecule has 0 aromatic rings. The maximum absolute atomic E-state index is 12.0. The Morgan fingerprint density at radius 3 is 1.42 bits per heavy atom. The Morgan fingerprint density at radius 1 is 0.519 bits per heavy atom. The first-order valence-corrected chi connectivity index (χ1v) is 20.9. The van der Waals surface area contributed by atoms with Crippen LogP contribution in [0.5, 0.6) is 0 Å². The van der Waals surface area contributed by atoms with Crippen LogP contribution in [0.4, 0.5) is 0 Å². The summed E-state index contributed by atoms with van der Waals surface area (Å²) >= 11 is 0. The summed E-state index contributed by atoms with van der Waals surface area (Å²) in [6.07, 6.45) is -20.7. The molecule has 0 spiro atoms. The van der Waals surface area contributed by atoms with Crippen molar-refractivity contribution in [2.75, 3.05) is 13.2 Å². The van der Waals surface area contributed by atoms with Gasteiger partial charge in [-0.05, 0) is 12.8 Å². The lowest BCUT2D eigenvalue weighted by Crippen LogP contribution is -2.69. The molecule has 0 unspecified atom stereocenters. The van der Waals surface area contributed by atoms with Gasteiger partial charge >= 0.3 is 52.0 Å². The Balaban J connectivity index is 2.03. The fourth-order valence-electron chi connectivity index (χ4n) is 5.52. The summed E-state index contributed by atoms with van der Waals surface area (Å²) in [4.78, 5) is 0. The van der Waals surface area contributed by atoms with Crippen molar-refractivity contribution in [3.8, 4) is 0 Å². The highest BCUT2D eigenvalue weighted by atomic mass is 32.3. The van der Waals surface area contributed by atoms with Crippen molar-refractivity contribution in [3.05, 3.63) is 0 Å². The topological polar surface area (TPSA) is 485 Å². The zero-order valence-electron chi connectivity index (χ0n) is 25.8. The molecular weight excluding hydrogens is 831 g/mol. The first-order valence-electron chi connectivity index (χ1n) is 14.1. The van der Waals surface area contributed by atoms with E-state index in [1.54, 1.807) is 0 Å². The first-order chi connectivity index (χ1) is 23.5. The van der Waals surface area contributed by atoms with Crippen molar-refractivity contribution < 1.29 is 105 Å². The quantitative estimate of drug-likeness (QED) is 0.0644. The Hall–Kier alpha value is -1.01. The van der Waals surface area contributed by atoms with Crippen molar-refractivity contribution in [2.24, 2.45) is 28.7 Å². The van der Waals surface area contributed by atoms with E-state index in [1.807, 2.05) is 0 Å². The summed E-state index contributed by atoms with van der Waals surface area (Å²) in [5, 5.41) is 0. The van der Waals surface area contributed by atoms with Gasteiger partial charge in [-0.3, -0.25) is 22.8 Å². The maximum Gasteiger partial charge on any atom is 0.397 e. The van der Waals surface area contributed by atoms with Crippen LogP contribution in [0.25, 0.3) is 0 Å². The number of rotatable bonds is 16. The molecule has 0 amide bonds. The molecule has 1 aliphatic carbocycles. The summed E-state index contributed by atoms with van der Waals surface area (Å²) in [7, 11) is -27.0. The lowest BCUT2D eigenvalue weighted by Gasteiger charge is -2.49. The highest BCUT2D eigenvalue weighted by Crippen LogP contribution is 2.35. The molecule has 0 aromatic heterocycles. The van der Waals surface area contributed by atoms with Gasteiger partial charge in [-0.15, -0.1) is 0 Å². The molecule has 0 aromatic carbocycles. The Kier molecular flexibility index (Phi) is 14.8. The number of hydrogen-bond acceptors (Lipinski definition) is 24. The standard InChI is InChI=1S/C18H37N5O24S5/c19-3-9-8(44-49(27,28)29)2-7(22)17(40-9)42-12-5(20)1-6(21)13(16(12)47-52(36,37)38)43-18-15(46-51(33,34)35)11(23)14(45-50(30,31)32)10(41-18)4-39-48(24,25)26/h5-18H,1-4,19-23H2,(H,24,25,26)(H,27,28,29)(H,30,31,32)(H,33,34,35)(H,36,37,38)/t5-,6+,7+,8-,9+,10+,11-,12+,13-,14+,15+,16-,17+,18+/m0/s1. The van der Waals surface area contributed by atoms with E-state index in [-0.39, 0.29) is 0 Å². The molecule has 1 saturated carbocycles. The van der Waals surface area contributed by atoms with Crippen molar-refractivity contribution in [1.29, 1.82) is 0 Å². The molecule has 3 aliphatic rings. The largest absolute Gasteiger partial charge is 0.397 e. The SMILES string of the molecule is NC[C@H]1O[C@H](O[C@H]2[C@H](OS(=O)(=O)O)[C@@H](O[C@H]3O[C@H](COS(=O)(=O)O)[C@@H](OS(=O)(=O)O)[C@H](N)[C@H]3OS(=O)(=O)O)[C@H](N)C[C@@H]2N)[C@H](N)C[C@@H]1OS(=O)(=O)O. The van der Waals surface area contributed by atoms with Crippen molar-refractivity contribution >= 4 is 52.0 Å². The predicted molar refractivity (Wildman–Crippen MR) is 160 cm³/mol. The highest BCUT2D eigenvalue weighted by molar-refractivity contribution is 7.81. The van der Waals surface area contributed by atoms with Gasteiger partial charge in [-0.25, -0.2) is 20.9 Å². The van der Waals surface area contributed by atoms with Gasteiger partial charge in [0.1, 0.15) is 48.8 Å². The van der Waals surface area contributed by atoms with E-state index in [2.05, 4.69) is 16.7 Å². The van der Waals surface area contributed by atoms with Crippen LogP contribution in [0.1, 0.15) is 12.8 Å². The average Bonchev–Trinajstić information content (AvgIpc) is 2.93. The fraction of sp³-hybridized carbons (Fsp3) is 1.00. The van der Waals surface area contributed by atoms with Crippen LogP contribution in [0.3, 0.4) is 0 Å². The minimum absolute atomic E-state index is 0.413. The highest BCUT2D eigenvalue weighted by Gasteiger charge is 2.55. The predicted octanol–water partition coefficient (Wildman–Crippen LogP) is -7.16. The fourth-order valence-corrected chi connectivity index (χ4v) is 7.87. The minimum atomic E-state index is -5.60. The molecule has 14 atom stereocenters. The third-order valence-corrected chi connectivity index (χ3v) is 9.78. The molecule has 29 nitrogen and oxygen atoms in total. The molecular formula is C18H37N5O24S5. The van der Waals surface area contributed by atoms with E-state index in [1.165, 1.54) is 0 Å². The molecule has 34 heteroatoms. The van der Waals surface area contributed by atoms with E-state index in [9.17, 15) is 55.7 Å². The van der Waals surface area contributed by atoms with Crippen LogP contribution in [0, 0.1) is 0 Å². The summed E-state index contributed by atoms with van der Waals surface area (Å²) < 4.78 is 207. The first kappa shape index (κ1) is 45.4. The Bertz CT molecular complexity index is 1780. The second-order valence-corrected chi connectivity index (χ2v) is 16.6. The van der Waals surface area contributed by atoms with Gasteiger partial charge in [-0.2, -0.15) is 42.1 Å². The van der Waals surface area contributed by atoms with Crippen molar-refractivity contribution in [2.45, 2.75) is 98.4 Å². The lowest BCUT2D eigenvalue weighted by atomic mass is 9.84. The van der Waals surface area contributed by atoms with Crippen LogP contribution < -0.4 is 28.7 Å². The Morgan fingerprint density at radius 2 is 0.962 bits per heavy atom. The van der Waals surface area contributed by atoms with Gasteiger partial charge in [-0.1, -0.05) is 0 Å². The van der Waals surface area contributed by atoms with E-state index in [4.69, 9.17) is 60.9 Å². The normalized spacial score (nSPS) is 38.6. The van der Waals surface area contributed by atoms with Crippen molar-refractivity contribution in [1.82, 2.24) is 0 Å². The number of nitrogens with two attached hydrogens (primary N) is 5. The van der Waals surface area contributed by atoms with Crippen LogP contribution in [0.2, 0.25) is 0 Å². The molecule has 308 valence electrons. The summed E-state index contributed by atoms with van der Waals surface area (Å²) in [5.41, 5.74) is 29.9. The zero-order valence-corrected chi connectivity index (χ0v) is 29.9. The van der Waals surface area contributed by atoms with Gasteiger partial charge < -0.3 is 47.6 Å². The van der Waals surface area contributed by atoms with Crippen LogP contribution in [-0.4, -0.2) is 164 Å². The van der Waals surface area contributed by atoms with Gasteiger partial charge in [0.25, 0.3) is 0 Å². The molecule has 2 heterocycles. The van der Waals surface area contributed by atoms with E-state index in [0.717, 1.165) is 0 Å². The summed E-state index contributed by atoms with van der Waals surface area (Å²) in [6.45, 7) is -1.85. The van der Waals surface area contributed by atoms with Crippen LogP contribution in [0.15, 0.2) is 0 Å². The molecule has 0 bridgehead atoms. The molecule has 0 radical (unpaired) electrons. The van der Waals surface area contributed by atoms with Gasteiger partial charge in [0, 0.05) is 18.6 Å². The van der Waals surface area contributed by atoms with Gasteiger partial charge in [0.05, 0.1) is 18.7 Å². The maximum atomic E-state index is 12.0. The second-order valence-electron chi connectivity index (χ2n) is 11.3. The lowest BCUT2D eigenvalue weighted by molar-refractivity contribution is -0.306. The van der Waals surface area contributed by atoms with Crippen molar-refractivity contribution in [3.63, 3.8) is 0 Å². The molecule has 15 N–H and O–H groups in total. The second kappa shape index (κ2) is 17.0. The molecule has 3 rings (SSSR count). The van der Waals surface area contributed by atoms with Gasteiger partial charge in [0.15, 0.2) is 12.6 Å². The van der Waals surface area contributed by atoms with E-state index >= 15 is 0 Å². The third-order valence-electron chi connectivity index (χ3n) is 7.46. The average molecular weight is 868 g/mol. The van der Waals surface area contributed by atoms with E-state index < -0.39 is 164 Å². The molecule has 52 heavy (non-hydrogen) atoms. The number of ether oxygens (including phenoxy) is 4. The van der Waals surface area contributed by atoms with Crippen LogP contribution in [-0.2, 0) is 91.9 Å². The minimum Gasteiger partial charge on any atom is -0.344 e. The molecule has 2 aliphatic heterocycles. The number of hydrogen-bond donors (Lipinski definition) is 10. The summed E-state index contributed by atoms with van der Waals surface area (Å²) in [6, 6.07) is -6.42. The molecule has 2 saturated heterocycles. The Labute approximate surface area is 296 Å². The summed E-state index contributed by atoms with van der Waals surface area (Å²) in [5.74, 6) is 0. The third kappa shape index (κ3) is 13.6.